The first-order valence-electron chi connectivity index (χ1n) is 17.4. The number of amides is 1. The number of ether oxygens (including phenoxy) is 3. The quantitative estimate of drug-likeness (QED) is 0.138. The summed E-state index contributed by atoms with van der Waals surface area (Å²) in [5, 5.41) is 15.0. The van der Waals surface area contributed by atoms with Crippen LogP contribution in [-0.2, 0) is 30.0 Å². The van der Waals surface area contributed by atoms with E-state index in [1.807, 2.05) is 0 Å². The number of carbonyl (C=O) groups is 3. The molecule has 1 aliphatic heterocycles. The van der Waals surface area contributed by atoms with Crippen LogP contribution in [0.2, 0.25) is 0 Å². The first-order chi connectivity index (χ1) is 23.6. The SMILES string of the molecule is COc1c(CC(NC(=O)C(N)c2ccc(C(=O)OC(C)(C)C)c([N+](=O)[O-])c2)B2O[C@@H]3C[C@@H]4C[C@@H](C4(C)C)[C@]3(C)O2)cccc1C(=O)OC(C)(C)C. The molecule has 2 aromatic rings. The Bertz CT molecular complexity index is 1720. The van der Waals surface area contributed by atoms with Crippen molar-refractivity contribution in [2.24, 2.45) is 23.0 Å². The summed E-state index contributed by atoms with van der Waals surface area (Å²) in [6.45, 7) is 16.9. The third kappa shape index (κ3) is 7.63. The first-order valence-corrected chi connectivity index (χ1v) is 17.4. The third-order valence-corrected chi connectivity index (χ3v) is 10.5. The standard InChI is InChI=1S/C37H50BN3O10/c1-34(2,3)48-32(43)23-15-14-20(16-25(23)41(45)46)29(39)31(42)40-28(38-50-27-19-22-18-26(36(22,7)8)37(27,9)51-38)17-21-12-11-13-24(30(21)47-10)33(44)49-35(4,5)6/h11-16,22,26-29H,17-19,39H2,1-10H3,(H,40,42)/t22-,26-,27+,28?,29?,37-/m0/s1. The van der Waals surface area contributed by atoms with Crippen molar-refractivity contribution in [2.45, 2.75) is 116 Å². The molecule has 2 bridgehead atoms. The second-order valence-electron chi connectivity index (χ2n) is 16.7. The van der Waals surface area contributed by atoms with E-state index in [2.05, 4.69) is 26.1 Å². The summed E-state index contributed by atoms with van der Waals surface area (Å²) in [5.41, 5.74) is 4.46. The maximum atomic E-state index is 13.9. The Labute approximate surface area is 299 Å². The number of nitro groups is 1. The van der Waals surface area contributed by atoms with E-state index in [1.165, 1.54) is 19.2 Å². The van der Waals surface area contributed by atoms with E-state index < -0.39 is 64.4 Å². The zero-order valence-corrected chi connectivity index (χ0v) is 31.2. The van der Waals surface area contributed by atoms with Gasteiger partial charge < -0.3 is 34.6 Å². The van der Waals surface area contributed by atoms with E-state index in [1.54, 1.807) is 59.7 Å². The monoisotopic (exact) mass is 707 g/mol. The maximum absolute atomic E-state index is 13.9. The van der Waals surface area contributed by atoms with Crippen molar-refractivity contribution in [3.8, 4) is 5.75 Å². The number of para-hydroxylation sites is 1. The maximum Gasteiger partial charge on any atom is 0.482 e. The number of esters is 2. The highest BCUT2D eigenvalue weighted by atomic mass is 16.7. The van der Waals surface area contributed by atoms with Gasteiger partial charge >= 0.3 is 19.1 Å². The molecule has 2 unspecified atom stereocenters. The molecule has 0 radical (unpaired) electrons. The summed E-state index contributed by atoms with van der Waals surface area (Å²) in [6, 6.07) is 7.49. The van der Waals surface area contributed by atoms with Crippen LogP contribution in [0.5, 0.6) is 5.75 Å². The van der Waals surface area contributed by atoms with Gasteiger partial charge in [-0.25, -0.2) is 9.59 Å². The molecule has 0 aromatic heterocycles. The molecular weight excluding hydrogens is 657 g/mol. The molecule has 276 valence electrons. The molecule has 1 heterocycles. The largest absolute Gasteiger partial charge is 0.496 e. The Balaban J connectivity index is 1.46. The summed E-state index contributed by atoms with van der Waals surface area (Å²) in [4.78, 5) is 51.1. The molecule has 3 saturated carbocycles. The topological polar surface area (TPSA) is 179 Å². The molecule has 6 rings (SSSR count). The van der Waals surface area contributed by atoms with Crippen LogP contribution in [-0.4, -0.2) is 65.8 Å². The molecule has 6 atom stereocenters. The average Bonchev–Trinajstić information content (AvgIpc) is 3.39. The van der Waals surface area contributed by atoms with Crippen LogP contribution in [0.3, 0.4) is 0 Å². The fourth-order valence-corrected chi connectivity index (χ4v) is 7.83. The minimum absolute atomic E-state index is 0.0791. The molecule has 4 aliphatic rings. The number of hydrogen-bond donors (Lipinski definition) is 2. The van der Waals surface area contributed by atoms with Crippen molar-refractivity contribution in [1.82, 2.24) is 5.32 Å². The summed E-state index contributed by atoms with van der Waals surface area (Å²) < 4.78 is 30.0. The van der Waals surface area contributed by atoms with Crippen molar-refractivity contribution in [2.75, 3.05) is 7.11 Å². The Hall–Kier alpha value is -4.01. The zero-order chi connectivity index (χ0) is 37.8. The minimum Gasteiger partial charge on any atom is -0.496 e. The van der Waals surface area contributed by atoms with Crippen molar-refractivity contribution >= 4 is 30.7 Å². The molecule has 2 aromatic carbocycles. The van der Waals surface area contributed by atoms with E-state index >= 15 is 0 Å². The normalized spacial score (nSPS) is 24.8. The van der Waals surface area contributed by atoms with Gasteiger partial charge in [0.05, 0.1) is 29.7 Å². The van der Waals surface area contributed by atoms with Gasteiger partial charge in [0.2, 0.25) is 5.91 Å². The van der Waals surface area contributed by atoms with Crippen molar-refractivity contribution < 1.29 is 42.8 Å². The number of methoxy groups -OCH3 is 1. The Morgan fingerprint density at radius 2 is 1.65 bits per heavy atom. The van der Waals surface area contributed by atoms with Gasteiger partial charge in [0.1, 0.15) is 34.1 Å². The number of nitrogens with one attached hydrogen (secondary N) is 1. The summed E-state index contributed by atoms with van der Waals surface area (Å²) in [5.74, 6) is -1.86. The summed E-state index contributed by atoms with van der Waals surface area (Å²) in [7, 11) is 0.572. The van der Waals surface area contributed by atoms with Gasteiger partial charge in [-0.1, -0.05) is 32.0 Å². The molecule has 4 fully saturated rings. The first kappa shape index (κ1) is 38.2. The molecule has 14 heteroatoms. The van der Waals surface area contributed by atoms with Crippen molar-refractivity contribution in [3.05, 3.63) is 68.8 Å². The van der Waals surface area contributed by atoms with Crippen molar-refractivity contribution in [3.63, 3.8) is 0 Å². The van der Waals surface area contributed by atoms with Gasteiger partial charge in [-0.2, -0.15) is 0 Å². The van der Waals surface area contributed by atoms with Gasteiger partial charge in [-0.05, 0) is 108 Å². The van der Waals surface area contributed by atoms with Crippen LogP contribution in [0.15, 0.2) is 36.4 Å². The molecule has 1 saturated heterocycles. The number of nitro benzene ring substituents is 1. The lowest BCUT2D eigenvalue weighted by Gasteiger charge is -2.64. The Kier molecular flexibility index (Phi) is 10.1. The van der Waals surface area contributed by atoms with Crippen LogP contribution in [0.4, 0.5) is 5.69 Å². The lowest BCUT2D eigenvalue weighted by molar-refractivity contribution is -0.385. The lowest BCUT2D eigenvalue weighted by atomic mass is 9.43. The predicted octanol–water partition coefficient (Wildman–Crippen LogP) is 5.51. The van der Waals surface area contributed by atoms with E-state index in [0.29, 0.717) is 11.5 Å². The zero-order valence-electron chi connectivity index (χ0n) is 31.2. The number of hydrogen-bond acceptors (Lipinski definition) is 11. The molecule has 51 heavy (non-hydrogen) atoms. The smallest absolute Gasteiger partial charge is 0.482 e. The minimum atomic E-state index is -1.36. The second kappa shape index (κ2) is 13.5. The van der Waals surface area contributed by atoms with Crippen LogP contribution in [0.25, 0.3) is 0 Å². The highest BCUT2D eigenvalue weighted by Crippen LogP contribution is 2.65. The fourth-order valence-electron chi connectivity index (χ4n) is 7.83. The van der Waals surface area contributed by atoms with Crippen molar-refractivity contribution in [1.29, 1.82) is 0 Å². The van der Waals surface area contributed by atoms with E-state index in [-0.39, 0.29) is 46.3 Å². The second-order valence-corrected chi connectivity index (χ2v) is 16.7. The number of nitrogens with two attached hydrogens (primary N) is 1. The van der Waals surface area contributed by atoms with Gasteiger partial charge in [0.15, 0.2) is 0 Å². The van der Waals surface area contributed by atoms with E-state index in [0.717, 1.165) is 18.9 Å². The molecule has 13 nitrogen and oxygen atoms in total. The Morgan fingerprint density at radius 3 is 2.22 bits per heavy atom. The van der Waals surface area contributed by atoms with Crippen LogP contribution >= 0.6 is 0 Å². The van der Waals surface area contributed by atoms with E-state index in [4.69, 9.17) is 29.3 Å². The van der Waals surface area contributed by atoms with E-state index in [9.17, 15) is 24.5 Å². The van der Waals surface area contributed by atoms with Gasteiger partial charge in [0, 0.05) is 6.07 Å². The van der Waals surface area contributed by atoms with Crippen LogP contribution in [0.1, 0.15) is 113 Å². The van der Waals surface area contributed by atoms with Crippen LogP contribution < -0.4 is 15.8 Å². The third-order valence-electron chi connectivity index (χ3n) is 10.5. The van der Waals surface area contributed by atoms with Gasteiger partial charge in [-0.3, -0.25) is 14.9 Å². The Morgan fingerprint density at radius 1 is 1.02 bits per heavy atom. The summed E-state index contributed by atoms with van der Waals surface area (Å²) >= 11 is 0. The highest BCUT2D eigenvalue weighted by molar-refractivity contribution is 6.48. The van der Waals surface area contributed by atoms with Crippen LogP contribution in [0, 0.1) is 27.4 Å². The predicted molar refractivity (Wildman–Crippen MR) is 189 cm³/mol. The molecule has 0 spiro atoms. The molecule has 1 amide bonds. The molecule has 3 N–H and O–H groups in total. The number of rotatable bonds is 10. The molecule has 3 aliphatic carbocycles. The van der Waals surface area contributed by atoms with Gasteiger partial charge in [0.25, 0.3) is 5.69 Å². The number of carbonyl (C=O) groups excluding carboxylic acids is 3. The summed E-state index contributed by atoms with van der Waals surface area (Å²) in [6.07, 6.45) is 1.79. The lowest BCUT2D eigenvalue weighted by Crippen LogP contribution is -2.65. The fraction of sp³-hybridized carbons (Fsp3) is 0.595. The van der Waals surface area contributed by atoms with Gasteiger partial charge in [-0.15, -0.1) is 0 Å². The number of benzene rings is 2. The number of nitrogens with zero attached hydrogens (tertiary/aromatic N) is 1. The average molecular weight is 708 g/mol. The highest BCUT2D eigenvalue weighted by Gasteiger charge is 2.68. The molecular formula is C37H50BN3O10.